The van der Waals surface area contributed by atoms with Crippen molar-refractivity contribution in [1.29, 1.82) is 0 Å². The van der Waals surface area contributed by atoms with Crippen LogP contribution in [0.4, 0.5) is 5.69 Å². The first-order valence-electron chi connectivity index (χ1n) is 6.87. The number of aliphatic hydroxyl groups excluding tert-OH is 1. The van der Waals surface area contributed by atoms with Gasteiger partial charge in [-0.2, -0.15) is 0 Å². The average Bonchev–Trinajstić information content (AvgIpc) is 2.45. The highest BCUT2D eigenvalue weighted by molar-refractivity contribution is 7.89. The summed E-state index contributed by atoms with van der Waals surface area (Å²) in [5.74, 6) is 0. The molecule has 0 atom stereocenters. The minimum absolute atomic E-state index is 0.0703. The second kappa shape index (κ2) is 6.96. The lowest BCUT2D eigenvalue weighted by Gasteiger charge is -2.29. The van der Waals surface area contributed by atoms with Crippen LogP contribution in [0.3, 0.4) is 0 Å². The molecule has 0 aliphatic rings. The van der Waals surface area contributed by atoms with Gasteiger partial charge in [0.2, 0.25) is 10.0 Å². The molecule has 4 N–H and O–H groups in total. The Bertz CT molecular complexity index is 590. The van der Waals surface area contributed by atoms with Gasteiger partial charge < -0.3 is 10.8 Å². The Labute approximate surface area is 131 Å². The predicted molar refractivity (Wildman–Crippen MR) is 85.9 cm³/mol. The number of nitrogens with two attached hydrogens (primary N) is 1. The lowest BCUT2D eigenvalue weighted by atomic mass is 9.84. The summed E-state index contributed by atoms with van der Waals surface area (Å²) in [5, 5.41) is 9.79. The van der Waals surface area contributed by atoms with E-state index in [-0.39, 0.29) is 23.1 Å². The topological polar surface area (TPSA) is 92.4 Å². The quantitative estimate of drug-likeness (QED) is 0.667. The van der Waals surface area contributed by atoms with Crippen LogP contribution < -0.4 is 10.5 Å². The van der Waals surface area contributed by atoms with Gasteiger partial charge in [-0.3, -0.25) is 0 Å². The van der Waals surface area contributed by atoms with Crippen molar-refractivity contribution in [1.82, 2.24) is 4.72 Å². The van der Waals surface area contributed by atoms with Gasteiger partial charge >= 0.3 is 0 Å². The molecule has 1 aromatic rings. The molecule has 0 spiro atoms. The lowest BCUT2D eigenvalue weighted by molar-refractivity contribution is 0.119. The monoisotopic (exact) mass is 334 g/mol. The summed E-state index contributed by atoms with van der Waals surface area (Å²) in [4.78, 5) is 0.0755. The Morgan fingerprint density at radius 2 is 1.90 bits per heavy atom. The molecule has 5 nitrogen and oxygen atoms in total. The number of benzene rings is 1. The summed E-state index contributed by atoms with van der Waals surface area (Å²) in [6.45, 7) is 5.59. The van der Waals surface area contributed by atoms with Crippen LogP contribution in [0.1, 0.15) is 32.3 Å². The van der Waals surface area contributed by atoms with E-state index in [0.717, 1.165) is 0 Å². The molecule has 0 unspecified atom stereocenters. The first kappa shape index (κ1) is 18.2. The van der Waals surface area contributed by atoms with E-state index in [1.807, 2.05) is 13.8 Å². The molecular weight excluding hydrogens is 312 g/mol. The Morgan fingerprint density at radius 1 is 1.33 bits per heavy atom. The standard InChI is InChI=1S/C14H23ClN2O3S/c1-4-14(5-2,9-18)8-17-21(19,20)13-7-11(15)6-12(16)10(13)3/h6-7,17-18H,4-5,8-9,16H2,1-3H3. The van der Waals surface area contributed by atoms with Crippen molar-refractivity contribution >= 4 is 27.3 Å². The van der Waals surface area contributed by atoms with E-state index in [9.17, 15) is 13.5 Å². The van der Waals surface area contributed by atoms with Gasteiger partial charge in [0.25, 0.3) is 0 Å². The summed E-state index contributed by atoms with van der Waals surface area (Å²) < 4.78 is 27.5. The van der Waals surface area contributed by atoms with Crippen LogP contribution in [-0.4, -0.2) is 26.7 Å². The largest absolute Gasteiger partial charge is 0.398 e. The van der Waals surface area contributed by atoms with Gasteiger partial charge in [-0.15, -0.1) is 0 Å². The maximum Gasteiger partial charge on any atom is 0.240 e. The van der Waals surface area contributed by atoms with Gasteiger partial charge in [-0.1, -0.05) is 25.4 Å². The van der Waals surface area contributed by atoms with E-state index in [1.165, 1.54) is 12.1 Å². The maximum absolute atomic E-state index is 12.4. The van der Waals surface area contributed by atoms with Crippen molar-refractivity contribution in [2.24, 2.45) is 5.41 Å². The normalized spacial score (nSPS) is 12.6. The highest BCUT2D eigenvalue weighted by Crippen LogP contribution is 2.28. The third-order valence-electron chi connectivity index (χ3n) is 4.13. The van der Waals surface area contributed by atoms with E-state index >= 15 is 0 Å². The molecule has 0 heterocycles. The molecule has 0 saturated carbocycles. The van der Waals surface area contributed by atoms with Gasteiger partial charge in [-0.05, 0) is 37.5 Å². The third-order valence-corrected chi connectivity index (χ3v) is 5.87. The zero-order valence-electron chi connectivity index (χ0n) is 12.6. The molecule has 0 bridgehead atoms. The number of aliphatic hydroxyl groups is 1. The third kappa shape index (κ3) is 4.10. The molecule has 0 radical (unpaired) electrons. The molecule has 1 aromatic carbocycles. The van der Waals surface area contributed by atoms with Crippen LogP contribution in [0.2, 0.25) is 5.02 Å². The first-order chi connectivity index (χ1) is 9.71. The molecule has 0 fully saturated rings. The minimum atomic E-state index is -3.72. The highest BCUT2D eigenvalue weighted by atomic mass is 35.5. The fourth-order valence-electron chi connectivity index (χ4n) is 2.06. The number of anilines is 1. The Hall–Kier alpha value is -0.820. The average molecular weight is 335 g/mol. The zero-order valence-corrected chi connectivity index (χ0v) is 14.2. The van der Waals surface area contributed by atoms with Gasteiger partial charge in [0, 0.05) is 29.3 Å². The first-order valence-corrected chi connectivity index (χ1v) is 8.73. The fraction of sp³-hybridized carbons (Fsp3) is 0.571. The molecule has 21 heavy (non-hydrogen) atoms. The van der Waals surface area contributed by atoms with Crippen molar-refractivity contribution in [3.05, 3.63) is 22.7 Å². The van der Waals surface area contributed by atoms with E-state index in [2.05, 4.69) is 4.72 Å². The van der Waals surface area contributed by atoms with Crippen molar-refractivity contribution in [2.45, 2.75) is 38.5 Å². The van der Waals surface area contributed by atoms with Crippen molar-refractivity contribution in [3.8, 4) is 0 Å². The summed E-state index contributed by atoms with van der Waals surface area (Å²) >= 11 is 5.89. The zero-order chi connectivity index (χ0) is 16.3. The van der Waals surface area contributed by atoms with Crippen molar-refractivity contribution in [3.63, 3.8) is 0 Å². The number of nitrogens with one attached hydrogen (secondary N) is 1. The molecule has 7 heteroatoms. The van der Waals surface area contributed by atoms with Gasteiger partial charge in [0.05, 0.1) is 4.90 Å². The van der Waals surface area contributed by atoms with Crippen molar-refractivity contribution in [2.75, 3.05) is 18.9 Å². The maximum atomic E-state index is 12.4. The van der Waals surface area contributed by atoms with E-state index in [0.29, 0.717) is 24.1 Å². The summed E-state index contributed by atoms with van der Waals surface area (Å²) in [5.41, 5.74) is 6.11. The van der Waals surface area contributed by atoms with Gasteiger partial charge in [-0.25, -0.2) is 13.1 Å². The minimum Gasteiger partial charge on any atom is -0.398 e. The second-order valence-electron chi connectivity index (χ2n) is 5.31. The smallest absolute Gasteiger partial charge is 0.240 e. The molecule has 0 amide bonds. The van der Waals surface area contributed by atoms with Crippen LogP contribution >= 0.6 is 11.6 Å². The van der Waals surface area contributed by atoms with Crippen molar-refractivity contribution < 1.29 is 13.5 Å². The Kier molecular flexibility index (Phi) is 6.04. The molecule has 0 aliphatic heterocycles. The van der Waals surface area contributed by atoms with Crippen LogP contribution in [0.5, 0.6) is 0 Å². The lowest BCUT2D eigenvalue weighted by Crippen LogP contribution is -2.39. The highest BCUT2D eigenvalue weighted by Gasteiger charge is 2.28. The molecule has 0 saturated heterocycles. The van der Waals surface area contributed by atoms with E-state index in [1.54, 1.807) is 6.92 Å². The second-order valence-corrected chi connectivity index (χ2v) is 7.48. The Morgan fingerprint density at radius 3 is 2.38 bits per heavy atom. The fourth-order valence-corrected chi connectivity index (χ4v) is 3.80. The van der Waals surface area contributed by atoms with Gasteiger partial charge in [0.1, 0.15) is 0 Å². The number of rotatable bonds is 7. The molecule has 1 rings (SSSR count). The molecular formula is C14H23ClN2O3S. The summed E-state index contributed by atoms with van der Waals surface area (Å²) in [7, 11) is -3.72. The number of nitrogen functional groups attached to an aromatic ring is 1. The van der Waals surface area contributed by atoms with Crippen LogP contribution in [0, 0.1) is 12.3 Å². The number of hydrogen-bond acceptors (Lipinski definition) is 4. The summed E-state index contributed by atoms with van der Waals surface area (Å²) in [6, 6.07) is 2.90. The van der Waals surface area contributed by atoms with E-state index in [4.69, 9.17) is 17.3 Å². The predicted octanol–water partition coefficient (Wildman–Crippen LogP) is 2.31. The van der Waals surface area contributed by atoms with Crippen LogP contribution in [-0.2, 0) is 10.0 Å². The number of hydrogen-bond donors (Lipinski definition) is 3. The molecule has 120 valence electrons. The SMILES string of the molecule is CCC(CC)(CO)CNS(=O)(=O)c1cc(Cl)cc(N)c1C. The van der Waals surface area contributed by atoms with Crippen LogP contribution in [0.25, 0.3) is 0 Å². The van der Waals surface area contributed by atoms with Gasteiger partial charge in [0.15, 0.2) is 0 Å². The van der Waals surface area contributed by atoms with E-state index < -0.39 is 15.4 Å². The summed E-state index contributed by atoms with van der Waals surface area (Å²) in [6.07, 6.45) is 1.36. The van der Waals surface area contributed by atoms with Crippen LogP contribution in [0.15, 0.2) is 17.0 Å². The number of halogens is 1. The number of sulfonamides is 1. The Balaban J connectivity index is 3.08. The molecule has 0 aliphatic carbocycles. The molecule has 0 aromatic heterocycles.